The number of fused-ring (bicyclic) bond motifs is 8. The van der Waals surface area contributed by atoms with Crippen molar-refractivity contribution in [3.63, 3.8) is 0 Å². The number of para-hydroxylation sites is 3. The molecule has 13 aromatic rings. The molecule has 0 aromatic heterocycles. The number of nitrogens with zero attached hydrogens (tertiary/aromatic N) is 2. The summed E-state index contributed by atoms with van der Waals surface area (Å²) in [5.41, 5.74) is 22.5. The van der Waals surface area contributed by atoms with Crippen LogP contribution in [-0.4, -0.2) is 0 Å². The molecule has 0 bridgehead atoms. The first kappa shape index (κ1) is 47.0. The van der Waals surface area contributed by atoms with Gasteiger partial charge in [-0.2, -0.15) is 0 Å². The van der Waals surface area contributed by atoms with Crippen LogP contribution in [-0.2, 0) is 10.8 Å². The van der Waals surface area contributed by atoms with Crippen molar-refractivity contribution < 1.29 is 0 Å². The van der Waals surface area contributed by atoms with Gasteiger partial charge in [0.25, 0.3) is 0 Å². The topological polar surface area (TPSA) is 6.48 Å². The van der Waals surface area contributed by atoms with E-state index in [0.717, 1.165) is 45.3 Å². The Hall–Kier alpha value is -10.3. The van der Waals surface area contributed by atoms with E-state index in [9.17, 15) is 0 Å². The molecule has 0 atom stereocenters. The van der Waals surface area contributed by atoms with Gasteiger partial charge in [0, 0.05) is 34.1 Å². The summed E-state index contributed by atoms with van der Waals surface area (Å²) in [5.74, 6) is 0. The Bertz CT molecular complexity index is 4270. The van der Waals surface area contributed by atoms with Gasteiger partial charge in [0.05, 0.1) is 10.8 Å². The molecule has 2 nitrogen and oxygen atoms in total. The molecule has 0 unspecified atom stereocenters. The zero-order valence-corrected chi connectivity index (χ0v) is 44.1. The van der Waals surface area contributed by atoms with E-state index in [4.69, 9.17) is 0 Å². The lowest BCUT2D eigenvalue weighted by atomic mass is 9.67. The Morgan fingerprint density at radius 1 is 0.212 bits per heavy atom. The first-order valence-corrected chi connectivity index (χ1v) is 27.7. The van der Waals surface area contributed by atoms with Crippen LogP contribution < -0.4 is 9.80 Å². The van der Waals surface area contributed by atoms with Crippen molar-refractivity contribution in [3.8, 4) is 33.4 Å². The minimum absolute atomic E-state index is 0.575. The van der Waals surface area contributed by atoms with Crippen LogP contribution in [0, 0.1) is 0 Å². The number of hydrogen-bond acceptors (Lipinski definition) is 2. The van der Waals surface area contributed by atoms with Gasteiger partial charge in [0.1, 0.15) is 0 Å². The standard InChI is InChI=1S/C78H54N2/c1-8-27-58(28-9-1)77(59-29-10-2-11-30-59)72-43-25-24-42-69(72)70-48-46-65(54-75(70)77)80(64-39-20-7-21-40-64)67-51-57(50-66(53-67)79(62-35-16-5-17-36-62)63-37-18-6-19-38-63)56-44-47-71-74(52-56)78(60-31-12-3-13-32-60,61-33-14-4-15-34-61)73-49-45-55-26-22-23-41-68(55)76(71)73/h1-54H. The highest BCUT2D eigenvalue weighted by Gasteiger charge is 2.48. The smallest absolute Gasteiger partial charge is 0.0714 e. The minimum Gasteiger partial charge on any atom is -0.310 e. The first-order valence-electron chi connectivity index (χ1n) is 27.7. The SMILES string of the molecule is c1ccc(N(c2ccccc2)c2cc(-c3ccc4c(c3)C(c3ccccc3)(c3ccccc3)c3ccc5ccccc5c3-4)cc(N(c3ccccc3)c3ccc4c(c3)C(c3ccccc3)(c3ccccc3)c3ccccc3-4)c2)cc1. The van der Waals surface area contributed by atoms with E-state index in [1.54, 1.807) is 0 Å². The lowest BCUT2D eigenvalue weighted by molar-refractivity contribution is 0.768. The molecule has 2 aliphatic rings. The fourth-order valence-corrected chi connectivity index (χ4v) is 13.7. The van der Waals surface area contributed by atoms with E-state index >= 15 is 0 Å². The molecule has 0 heterocycles. The van der Waals surface area contributed by atoms with Crippen molar-refractivity contribution in [1.82, 2.24) is 0 Å². The maximum atomic E-state index is 2.51. The van der Waals surface area contributed by atoms with Gasteiger partial charge in [-0.15, -0.1) is 0 Å². The quantitative estimate of drug-likeness (QED) is 0.127. The van der Waals surface area contributed by atoms with Crippen LogP contribution in [0.2, 0.25) is 0 Å². The Kier molecular flexibility index (Phi) is 11.3. The largest absolute Gasteiger partial charge is 0.310 e. The Morgan fingerprint density at radius 3 is 1.16 bits per heavy atom. The third-order valence-corrected chi connectivity index (χ3v) is 16.9. The van der Waals surface area contributed by atoms with Crippen molar-refractivity contribution >= 4 is 44.9 Å². The molecule has 2 aliphatic carbocycles. The molecule has 0 aliphatic heterocycles. The number of hydrogen-bond donors (Lipinski definition) is 0. The third kappa shape index (κ3) is 7.34. The fraction of sp³-hybridized carbons (Fsp3) is 0.0256. The zero-order valence-electron chi connectivity index (χ0n) is 44.1. The minimum atomic E-state index is -0.601. The molecule has 80 heavy (non-hydrogen) atoms. The predicted octanol–water partition coefficient (Wildman–Crippen LogP) is 20.2. The third-order valence-electron chi connectivity index (χ3n) is 16.9. The van der Waals surface area contributed by atoms with Gasteiger partial charge in [0.15, 0.2) is 0 Å². The summed E-state index contributed by atoms with van der Waals surface area (Å²) in [6.45, 7) is 0. The molecule has 376 valence electrons. The second-order valence-corrected chi connectivity index (χ2v) is 21.1. The van der Waals surface area contributed by atoms with Gasteiger partial charge < -0.3 is 9.80 Å². The summed E-state index contributed by atoms with van der Waals surface area (Å²) >= 11 is 0. The lowest BCUT2D eigenvalue weighted by Gasteiger charge is -2.35. The van der Waals surface area contributed by atoms with Gasteiger partial charge in [-0.3, -0.25) is 0 Å². The summed E-state index contributed by atoms with van der Waals surface area (Å²) in [4.78, 5) is 4.87. The van der Waals surface area contributed by atoms with Crippen LogP contribution in [0.1, 0.15) is 44.5 Å². The van der Waals surface area contributed by atoms with Crippen LogP contribution in [0.4, 0.5) is 34.1 Å². The Balaban J connectivity index is 1.01. The summed E-state index contributed by atoms with van der Waals surface area (Å²) in [7, 11) is 0. The lowest BCUT2D eigenvalue weighted by Crippen LogP contribution is -2.28. The van der Waals surface area contributed by atoms with Gasteiger partial charge in [0.2, 0.25) is 0 Å². The maximum Gasteiger partial charge on any atom is 0.0714 e. The maximum absolute atomic E-state index is 2.51. The van der Waals surface area contributed by atoms with Gasteiger partial charge >= 0.3 is 0 Å². The van der Waals surface area contributed by atoms with E-state index < -0.39 is 10.8 Å². The van der Waals surface area contributed by atoms with Crippen molar-refractivity contribution in [3.05, 3.63) is 372 Å². The molecule has 0 spiro atoms. The molecular formula is C78H54N2. The normalized spacial score (nSPS) is 13.2. The molecule has 0 fully saturated rings. The molecule has 0 amide bonds. The molecule has 0 N–H and O–H groups in total. The van der Waals surface area contributed by atoms with Crippen molar-refractivity contribution in [1.29, 1.82) is 0 Å². The molecule has 13 aromatic carbocycles. The van der Waals surface area contributed by atoms with Crippen LogP contribution in [0.25, 0.3) is 44.2 Å². The van der Waals surface area contributed by atoms with Gasteiger partial charge in [-0.1, -0.05) is 255 Å². The highest BCUT2D eigenvalue weighted by atomic mass is 15.2. The zero-order chi connectivity index (χ0) is 53.0. The Morgan fingerprint density at radius 2 is 0.625 bits per heavy atom. The molecule has 0 radical (unpaired) electrons. The summed E-state index contributed by atoms with van der Waals surface area (Å²) in [6, 6.07) is 121. The second kappa shape index (κ2) is 19.3. The van der Waals surface area contributed by atoms with Crippen LogP contribution in [0.3, 0.4) is 0 Å². The van der Waals surface area contributed by atoms with Crippen LogP contribution in [0.5, 0.6) is 0 Å². The summed E-state index contributed by atoms with van der Waals surface area (Å²) < 4.78 is 0. The van der Waals surface area contributed by atoms with Gasteiger partial charge in [-0.25, -0.2) is 0 Å². The van der Waals surface area contributed by atoms with E-state index in [-0.39, 0.29) is 0 Å². The average molecular weight is 1020 g/mol. The average Bonchev–Trinajstić information content (AvgIpc) is 4.24. The molecule has 2 heteroatoms. The van der Waals surface area contributed by atoms with E-state index in [2.05, 4.69) is 337 Å². The van der Waals surface area contributed by atoms with Crippen molar-refractivity contribution in [2.24, 2.45) is 0 Å². The molecule has 0 saturated carbocycles. The molecular weight excluding hydrogens is 965 g/mol. The van der Waals surface area contributed by atoms with E-state index in [1.165, 1.54) is 77.5 Å². The highest BCUT2D eigenvalue weighted by Crippen LogP contribution is 2.60. The summed E-state index contributed by atoms with van der Waals surface area (Å²) in [6.07, 6.45) is 0. The number of anilines is 6. The fourth-order valence-electron chi connectivity index (χ4n) is 13.7. The van der Waals surface area contributed by atoms with Crippen LogP contribution in [0.15, 0.2) is 328 Å². The monoisotopic (exact) mass is 1020 g/mol. The molecule has 15 rings (SSSR count). The summed E-state index contributed by atoms with van der Waals surface area (Å²) in [5, 5.41) is 2.50. The number of rotatable bonds is 11. The molecule has 0 saturated heterocycles. The van der Waals surface area contributed by atoms with E-state index in [0.29, 0.717) is 0 Å². The van der Waals surface area contributed by atoms with E-state index in [1.807, 2.05) is 0 Å². The first-order chi connectivity index (χ1) is 39.7. The predicted molar refractivity (Wildman–Crippen MR) is 333 cm³/mol. The number of benzene rings is 13. The Labute approximate surface area is 468 Å². The second-order valence-electron chi connectivity index (χ2n) is 21.1. The highest BCUT2D eigenvalue weighted by molar-refractivity contribution is 6.05. The van der Waals surface area contributed by atoms with Crippen molar-refractivity contribution in [2.45, 2.75) is 10.8 Å². The van der Waals surface area contributed by atoms with Crippen molar-refractivity contribution in [2.75, 3.05) is 9.80 Å². The van der Waals surface area contributed by atoms with Crippen LogP contribution >= 0.6 is 0 Å². The van der Waals surface area contributed by atoms with Gasteiger partial charge in [-0.05, 0) is 161 Å².